The van der Waals surface area contributed by atoms with Crippen molar-refractivity contribution in [3.8, 4) is 0 Å². The van der Waals surface area contributed by atoms with E-state index in [-0.39, 0.29) is 0 Å². The van der Waals surface area contributed by atoms with Gasteiger partial charge in [-0.25, -0.2) is 0 Å². The van der Waals surface area contributed by atoms with E-state index in [0.717, 1.165) is 6.54 Å². The molecule has 4 heteroatoms. The second kappa shape index (κ2) is 2.80. The van der Waals surface area contributed by atoms with Crippen molar-refractivity contribution in [1.29, 1.82) is 0 Å². The van der Waals surface area contributed by atoms with Gasteiger partial charge in [-0.3, -0.25) is 0 Å². The number of hydrogen-bond acceptors (Lipinski definition) is 4. The predicted molar refractivity (Wildman–Crippen MR) is 29.7 cm³/mol. The summed E-state index contributed by atoms with van der Waals surface area (Å²) >= 11 is 0. The molecule has 52 valence electrons. The molecule has 0 spiro atoms. The van der Waals surface area contributed by atoms with Crippen LogP contribution in [0.1, 0.15) is 0 Å². The van der Waals surface area contributed by atoms with Gasteiger partial charge in [0.15, 0.2) is 0 Å². The zero-order valence-corrected chi connectivity index (χ0v) is 5.02. The highest BCUT2D eigenvalue weighted by molar-refractivity contribution is 5.71. The number of carboxylic acid groups (broad SMARTS) is 1. The smallest absolute Gasteiger partial charge is 0.0597 e. The Bertz CT molecular complexity index is 110. The van der Waals surface area contributed by atoms with Crippen LogP contribution in [0, 0.1) is 0 Å². The summed E-state index contributed by atoms with van der Waals surface area (Å²) in [4.78, 5) is 10.1. The molecule has 0 aromatic rings. The molecule has 1 aliphatic heterocycles. The molecule has 1 aliphatic rings. The highest BCUT2D eigenvalue weighted by atomic mass is 16.4. The maximum atomic E-state index is 10.1. The van der Waals surface area contributed by atoms with Crippen LogP contribution in [0.15, 0.2) is 0 Å². The summed E-state index contributed by atoms with van der Waals surface area (Å²) in [6.07, 6.45) is 0. The number of nitrogens with one attached hydrogen (secondary N) is 2. The monoisotopic (exact) mass is 129 g/mol. The van der Waals surface area contributed by atoms with Crippen LogP contribution in [0.3, 0.4) is 0 Å². The van der Waals surface area contributed by atoms with Crippen LogP contribution in [0.4, 0.5) is 0 Å². The molecule has 0 aromatic heterocycles. The summed E-state index contributed by atoms with van der Waals surface area (Å²) in [7, 11) is 0. The van der Waals surface area contributed by atoms with Crippen LogP contribution >= 0.6 is 0 Å². The Hall–Kier alpha value is -0.610. The van der Waals surface area contributed by atoms with Crippen LogP contribution in [0.2, 0.25) is 0 Å². The van der Waals surface area contributed by atoms with Crippen molar-refractivity contribution in [3.63, 3.8) is 0 Å². The Kier molecular flexibility index (Phi) is 2.02. The van der Waals surface area contributed by atoms with Gasteiger partial charge in [0.2, 0.25) is 0 Å². The lowest BCUT2D eigenvalue weighted by molar-refractivity contribution is -0.308. The van der Waals surface area contributed by atoms with Crippen molar-refractivity contribution in [3.05, 3.63) is 0 Å². The van der Waals surface area contributed by atoms with Crippen LogP contribution in [0.25, 0.3) is 0 Å². The van der Waals surface area contributed by atoms with E-state index in [2.05, 4.69) is 10.6 Å². The average molecular weight is 129 g/mol. The molecule has 0 radical (unpaired) electrons. The Morgan fingerprint density at radius 3 is 2.67 bits per heavy atom. The van der Waals surface area contributed by atoms with Crippen LogP contribution < -0.4 is 15.7 Å². The predicted octanol–water partition coefficient (Wildman–Crippen LogP) is -2.70. The van der Waals surface area contributed by atoms with Gasteiger partial charge in [-0.2, -0.15) is 0 Å². The number of piperazine rings is 1. The number of rotatable bonds is 1. The van der Waals surface area contributed by atoms with Crippen molar-refractivity contribution in [1.82, 2.24) is 10.6 Å². The van der Waals surface area contributed by atoms with Gasteiger partial charge >= 0.3 is 0 Å². The van der Waals surface area contributed by atoms with E-state index in [4.69, 9.17) is 0 Å². The number of carbonyl (C=O) groups is 1. The maximum Gasteiger partial charge on any atom is 0.0597 e. The lowest BCUT2D eigenvalue weighted by atomic mass is 10.2. The van der Waals surface area contributed by atoms with Crippen molar-refractivity contribution in [2.24, 2.45) is 0 Å². The van der Waals surface area contributed by atoms with Crippen molar-refractivity contribution in [2.75, 3.05) is 19.6 Å². The summed E-state index contributed by atoms with van der Waals surface area (Å²) in [6.45, 7) is 2.02. The van der Waals surface area contributed by atoms with Gasteiger partial charge in [0.05, 0.1) is 12.0 Å². The highest BCUT2D eigenvalue weighted by Crippen LogP contribution is 1.82. The van der Waals surface area contributed by atoms with Gasteiger partial charge in [0, 0.05) is 19.6 Å². The number of aliphatic carboxylic acids is 1. The van der Waals surface area contributed by atoms with Crippen LogP contribution in [-0.4, -0.2) is 31.6 Å². The third-order valence-electron chi connectivity index (χ3n) is 1.33. The van der Waals surface area contributed by atoms with Gasteiger partial charge in [0.25, 0.3) is 0 Å². The molecule has 1 rings (SSSR count). The van der Waals surface area contributed by atoms with Crippen molar-refractivity contribution < 1.29 is 9.90 Å². The minimum absolute atomic E-state index is 0.475. The number of carboxylic acids is 1. The molecule has 0 amide bonds. The van der Waals surface area contributed by atoms with Gasteiger partial charge in [0.1, 0.15) is 0 Å². The molecule has 0 aromatic carbocycles. The molecule has 1 atom stereocenters. The quantitative estimate of drug-likeness (QED) is 0.404. The first kappa shape index (κ1) is 6.51. The molecule has 1 heterocycles. The van der Waals surface area contributed by atoms with Crippen LogP contribution in [-0.2, 0) is 4.79 Å². The van der Waals surface area contributed by atoms with E-state index in [1.807, 2.05) is 0 Å². The van der Waals surface area contributed by atoms with E-state index in [9.17, 15) is 9.90 Å². The molecular weight excluding hydrogens is 120 g/mol. The van der Waals surface area contributed by atoms with Gasteiger partial charge < -0.3 is 20.5 Å². The van der Waals surface area contributed by atoms with E-state index in [1.165, 1.54) is 0 Å². The molecule has 0 saturated carbocycles. The number of carbonyl (C=O) groups excluding carboxylic acids is 1. The fourth-order valence-electron chi connectivity index (χ4n) is 0.820. The van der Waals surface area contributed by atoms with Crippen molar-refractivity contribution in [2.45, 2.75) is 6.04 Å². The lowest BCUT2D eigenvalue weighted by Gasteiger charge is -2.24. The molecule has 0 bridgehead atoms. The fraction of sp³-hybridized carbons (Fsp3) is 0.800. The standard InChI is InChI=1S/C5H10N2O2/c8-5(9)4-3-6-1-2-7-4/h4,6-7H,1-3H2,(H,8,9)/p-1/t4-/m1/s1. The first-order chi connectivity index (χ1) is 4.30. The summed E-state index contributed by atoms with van der Waals surface area (Å²) in [5.74, 6) is -1.03. The fourth-order valence-corrected chi connectivity index (χ4v) is 0.820. The molecule has 1 fully saturated rings. The lowest BCUT2D eigenvalue weighted by Crippen LogP contribution is -2.56. The minimum Gasteiger partial charge on any atom is -0.548 e. The number of hydrogen-bond donors (Lipinski definition) is 2. The first-order valence-electron chi connectivity index (χ1n) is 2.95. The zero-order valence-electron chi connectivity index (χ0n) is 5.02. The summed E-state index contributed by atoms with van der Waals surface area (Å²) < 4.78 is 0. The summed E-state index contributed by atoms with van der Waals surface area (Å²) in [6, 6.07) is -0.501. The molecule has 4 nitrogen and oxygen atoms in total. The molecule has 2 N–H and O–H groups in total. The van der Waals surface area contributed by atoms with E-state index >= 15 is 0 Å². The van der Waals surface area contributed by atoms with Gasteiger partial charge in [-0.05, 0) is 0 Å². The molecular formula is C5H9N2O2-. The largest absolute Gasteiger partial charge is 0.548 e. The van der Waals surface area contributed by atoms with Gasteiger partial charge in [-0.15, -0.1) is 0 Å². The normalized spacial score (nSPS) is 27.8. The second-order valence-corrected chi connectivity index (χ2v) is 2.03. The Morgan fingerprint density at radius 1 is 1.56 bits per heavy atom. The van der Waals surface area contributed by atoms with E-state index in [0.29, 0.717) is 13.1 Å². The molecule has 0 aliphatic carbocycles. The Labute approximate surface area is 53.2 Å². The first-order valence-corrected chi connectivity index (χ1v) is 2.95. The van der Waals surface area contributed by atoms with E-state index < -0.39 is 12.0 Å². The molecule has 1 saturated heterocycles. The third-order valence-corrected chi connectivity index (χ3v) is 1.33. The topological polar surface area (TPSA) is 64.2 Å². The SMILES string of the molecule is O=C([O-])[C@H]1CNCCN1. The van der Waals surface area contributed by atoms with E-state index in [1.54, 1.807) is 0 Å². The Balaban J connectivity index is 2.31. The maximum absolute atomic E-state index is 10.1. The molecule has 9 heavy (non-hydrogen) atoms. The van der Waals surface area contributed by atoms with Gasteiger partial charge in [-0.1, -0.05) is 0 Å². The zero-order chi connectivity index (χ0) is 6.69. The summed E-state index contributed by atoms with van der Waals surface area (Å²) in [5, 5.41) is 15.9. The Morgan fingerprint density at radius 2 is 2.33 bits per heavy atom. The molecule has 0 unspecified atom stereocenters. The summed E-state index contributed by atoms with van der Waals surface area (Å²) in [5.41, 5.74) is 0. The average Bonchev–Trinajstić information content (AvgIpc) is 1.90. The minimum atomic E-state index is -1.03. The third kappa shape index (κ3) is 1.65. The van der Waals surface area contributed by atoms with Crippen LogP contribution in [0.5, 0.6) is 0 Å². The van der Waals surface area contributed by atoms with Crippen molar-refractivity contribution >= 4 is 5.97 Å². The highest BCUT2D eigenvalue weighted by Gasteiger charge is 2.11. The second-order valence-electron chi connectivity index (χ2n) is 2.03.